The molecule has 0 spiro atoms. The second kappa shape index (κ2) is 5.59. The van der Waals surface area contributed by atoms with E-state index in [9.17, 15) is 4.79 Å². The van der Waals surface area contributed by atoms with Crippen LogP contribution in [-0.2, 0) is 6.54 Å². The van der Waals surface area contributed by atoms with Crippen molar-refractivity contribution in [3.63, 3.8) is 0 Å². The highest BCUT2D eigenvalue weighted by Crippen LogP contribution is 2.27. The number of aryl methyl sites for hydroxylation is 1. The number of benzene rings is 1. The Kier molecular flexibility index (Phi) is 3.41. The second-order valence-corrected chi connectivity index (χ2v) is 6.00. The lowest BCUT2D eigenvalue weighted by Gasteiger charge is -2.32. The molecule has 1 amide bonds. The van der Waals surface area contributed by atoms with E-state index in [1.165, 1.54) is 6.20 Å². The Balaban J connectivity index is 1.66. The lowest BCUT2D eigenvalue weighted by molar-refractivity contribution is 0.0680. The third kappa shape index (κ3) is 2.29. The molecule has 3 aromatic rings. The third-order valence-electron chi connectivity index (χ3n) is 4.32. The molecule has 7 nitrogen and oxygen atoms in total. The molecule has 24 heavy (non-hydrogen) atoms. The quantitative estimate of drug-likeness (QED) is 0.724. The smallest absolute Gasteiger partial charge is 0.259 e. The minimum Gasteiger partial charge on any atom is -0.355 e. The average Bonchev–Trinajstić information content (AvgIpc) is 3.22. The van der Waals surface area contributed by atoms with Gasteiger partial charge in [-0.15, -0.1) is 10.2 Å². The van der Waals surface area contributed by atoms with Gasteiger partial charge < -0.3 is 14.0 Å². The van der Waals surface area contributed by atoms with E-state index in [1.54, 1.807) is 4.90 Å². The van der Waals surface area contributed by atoms with Crippen molar-refractivity contribution >= 4 is 5.91 Å². The van der Waals surface area contributed by atoms with E-state index in [0.717, 1.165) is 17.2 Å². The molecule has 0 fully saturated rings. The standard InChI is InChI=1S/C17H17N5O2/c1-11-9-21(10-15-20-19-12(2)22(11)15)17(23)14-8-18-24-16(14)13-6-4-3-5-7-13/h3-8,11H,9-10H2,1-2H3/t11-/m0/s1. The molecule has 0 unspecified atom stereocenters. The summed E-state index contributed by atoms with van der Waals surface area (Å²) in [5, 5.41) is 12.1. The van der Waals surface area contributed by atoms with Crippen molar-refractivity contribution < 1.29 is 9.32 Å². The van der Waals surface area contributed by atoms with Gasteiger partial charge in [-0.2, -0.15) is 0 Å². The maximum Gasteiger partial charge on any atom is 0.259 e. The Labute approximate surface area is 138 Å². The molecule has 1 aliphatic heterocycles. The zero-order valence-corrected chi connectivity index (χ0v) is 13.5. The van der Waals surface area contributed by atoms with Crippen LogP contribution in [0.2, 0.25) is 0 Å². The summed E-state index contributed by atoms with van der Waals surface area (Å²) >= 11 is 0. The van der Waals surface area contributed by atoms with E-state index in [2.05, 4.69) is 26.8 Å². The number of rotatable bonds is 2. The lowest BCUT2D eigenvalue weighted by atomic mass is 10.1. The van der Waals surface area contributed by atoms with E-state index in [4.69, 9.17) is 4.52 Å². The minimum absolute atomic E-state index is 0.103. The van der Waals surface area contributed by atoms with E-state index >= 15 is 0 Å². The predicted octanol–water partition coefficient (Wildman–Crippen LogP) is 2.46. The minimum atomic E-state index is -0.103. The summed E-state index contributed by atoms with van der Waals surface area (Å²) in [5.74, 6) is 2.07. The van der Waals surface area contributed by atoms with Gasteiger partial charge in [-0.25, -0.2) is 0 Å². The molecule has 1 aliphatic rings. The van der Waals surface area contributed by atoms with Gasteiger partial charge in [0.1, 0.15) is 11.4 Å². The van der Waals surface area contributed by atoms with Crippen molar-refractivity contribution in [3.05, 3.63) is 53.7 Å². The topological polar surface area (TPSA) is 77.1 Å². The first-order chi connectivity index (χ1) is 11.6. The normalized spacial score (nSPS) is 16.9. The fourth-order valence-electron chi connectivity index (χ4n) is 3.24. The highest BCUT2D eigenvalue weighted by atomic mass is 16.5. The van der Waals surface area contributed by atoms with Gasteiger partial charge in [-0.1, -0.05) is 35.5 Å². The zero-order chi connectivity index (χ0) is 16.7. The first-order valence-electron chi connectivity index (χ1n) is 7.85. The van der Waals surface area contributed by atoms with Crippen LogP contribution in [0.3, 0.4) is 0 Å². The Morgan fingerprint density at radius 1 is 1.25 bits per heavy atom. The molecule has 0 N–H and O–H groups in total. The van der Waals surface area contributed by atoms with Crippen LogP contribution in [0.4, 0.5) is 0 Å². The summed E-state index contributed by atoms with van der Waals surface area (Å²) in [7, 11) is 0. The second-order valence-electron chi connectivity index (χ2n) is 6.00. The number of hydrogen-bond donors (Lipinski definition) is 0. The van der Waals surface area contributed by atoms with Crippen LogP contribution in [0, 0.1) is 6.92 Å². The zero-order valence-electron chi connectivity index (χ0n) is 13.5. The molecule has 4 rings (SSSR count). The molecule has 1 atom stereocenters. The summed E-state index contributed by atoms with van der Waals surface area (Å²) in [5.41, 5.74) is 1.31. The largest absolute Gasteiger partial charge is 0.355 e. The van der Waals surface area contributed by atoms with Crippen molar-refractivity contribution in [1.82, 2.24) is 24.8 Å². The molecule has 122 valence electrons. The summed E-state index contributed by atoms with van der Waals surface area (Å²) in [6.07, 6.45) is 1.49. The predicted molar refractivity (Wildman–Crippen MR) is 86.1 cm³/mol. The molecule has 0 bridgehead atoms. The van der Waals surface area contributed by atoms with Gasteiger partial charge in [-0.3, -0.25) is 4.79 Å². The summed E-state index contributed by atoms with van der Waals surface area (Å²) in [4.78, 5) is 14.8. The van der Waals surface area contributed by atoms with Crippen molar-refractivity contribution in [1.29, 1.82) is 0 Å². The van der Waals surface area contributed by atoms with Crippen molar-refractivity contribution in [2.45, 2.75) is 26.4 Å². The summed E-state index contributed by atoms with van der Waals surface area (Å²) in [6, 6.07) is 9.66. The van der Waals surface area contributed by atoms with Crippen LogP contribution in [-0.4, -0.2) is 37.3 Å². The summed E-state index contributed by atoms with van der Waals surface area (Å²) in [6.45, 7) is 5.02. The Hall–Kier alpha value is -2.96. The van der Waals surface area contributed by atoms with Gasteiger partial charge in [0.15, 0.2) is 11.6 Å². The third-order valence-corrected chi connectivity index (χ3v) is 4.32. The van der Waals surface area contributed by atoms with Crippen LogP contribution < -0.4 is 0 Å². The molecule has 0 aliphatic carbocycles. The molecule has 3 heterocycles. The molecule has 0 saturated carbocycles. The fraction of sp³-hybridized carbons (Fsp3) is 0.294. The number of nitrogens with zero attached hydrogens (tertiary/aromatic N) is 5. The van der Waals surface area contributed by atoms with E-state index < -0.39 is 0 Å². The van der Waals surface area contributed by atoms with E-state index in [-0.39, 0.29) is 11.9 Å². The van der Waals surface area contributed by atoms with Gasteiger partial charge in [0, 0.05) is 12.1 Å². The number of aromatic nitrogens is 4. The van der Waals surface area contributed by atoms with Crippen LogP contribution >= 0.6 is 0 Å². The van der Waals surface area contributed by atoms with Crippen molar-refractivity contribution in [2.24, 2.45) is 0 Å². The first-order valence-corrected chi connectivity index (χ1v) is 7.85. The Morgan fingerprint density at radius 2 is 2.04 bits per heavy atom. The van der Waals surface area contributed by atoms with Crippen molar-refractivity contribution in [2.75, 3.05) is 6.54 Å². The van der Waals surface area contributed by atoms with Crippen LogP contribution in [0.25, 0.3) is 11.3 Å². The SMILES string of the molecule is Cc1nnc2n1[C@@H](C)CN(C(=O)c1cnoc1-c1ccccc1)C2. The summed E-state index contributed by atoms with van der Waals surface area (Å²) < 4.78 is 7.41. The van der Waals surface area contributed by atoms with Crippen LogP contribution in [0.5, 0.6) is 0 Å². The number of amides is 1. The molecule has 2 aromatic heterocycles. The maximum atomic E-state index is 13.0. The Bertz CT molecular complexity index is 884. The highest BCUT2D eigenvalue weighted by Gasteiger charge is 2.31. The van der Waals surface area contributed by atoms with E-state index in [1.807, 2.05) is 37.3 Å². The number of carbonyl (C=O) groups is 1. The molecule has 1 aromatic carbocycles. The number of fused-ring (bicyclic) bond motifs is 1. The molecule has 0 saturated heterocycles. The van der Waals surface area contributed by atoms with E-state index in [0.29, 0.717) is 24.4 Å². The van der Waals surface area contributed by atoms with Crippen LogP contribution in [0.15, 0.2) is 41.1 Å². The maximum absolute atomic E-state index is 13.0. The average molecular weight is 323 g/mol. The van der Waals surface area contributed by atoms with Gasteiger partial charge >= 0.3 is 0 Å². The monoisotopic (exact) mass is 323 g/mol. The van der Waals surface area contributed by atoms with Gasteiger partial charge in [0.25, 0.3) is 5.91 Å². The number of hydrogen-bond acceptors (Lipinski definition) is 5. The fourth-order valence-corrected chi connectivity index (χ4v) is 3.24. The van der Waals surface area contributed by atoms with Gasteiger partial charge in [-0.05, 0) is 13.8 Å². The number of carbonyl (C=O) groups excluding carboxylic acids is 1. The molecule has 7 heteroatoms. The lowest BCUT2D eigenvalue weighted by Crippen LogP contribution is -2.40. The molecular weight excluding hydrogens is 306 g/mol. The Morgan fingerprint density at radius 3 is 2.83 bits per heavy atom. The van der Waals surface area contributed by atoms with Gasteiger partial charge in [0.05, 0.1) is 18.8 Å². The van der Waals surface area contributed by atoms with Crippen molar-refractivity contribution in [3.8, 4) is 11.3 Å². The molecular formula is C17H17N5O2. The molecule has 0 radical (unpaired) electrons. The van der Waals surface area contributed by atoms with Crippen LogP contribution in [0.1, 0.15) is 35.0 Å². The van der Waals surface area contributed by atoms with Gasteiger partial charge in [0.2, 0.25) is 0 Å². The highest BCUT2D eigenvalue weighted by molar-refractivity contribution is 5.99. The first kappa shape index (κ1) is 14.6.